The summed E-state index contributed by atoms with van der Waals surface area (Å²) >= 11 is 0. The number of hydrogen-bond acceptors (Lipinski definition) is 4. The molecule has 0 saturated heterocycles. The number of carbonyl (C=O) groups excluding carboxylic acids is 1. The first-order chi connectivity index (χ1) is 8.17. The summed E-state index contributed by atoms with van der Waals surface area (Å²) in [5.74, 6) is -0.153. The van der Waals surface area contributed by atoms with Gasteiger partial charge in [-0.1, -0.05) is 17.7 Å². The van der Waals surface area contributed by atoms with E-state index in [1.54, 1.807) is 12.2 Å². The summed E-state index contributed by atoms with van der Waals surface area (Å²) in [5.41, 5.74) is 1.02. The quantitative estimate of drug-likeness (QED) is 0.746. The lowest BCUT2D eigenvalue weighted by Gasteiger charge is -2.15. The summed E-state index contributed by atoms with van der Waals surface area (Å²) in [6.07, 6.45) is 7.51. The second-order valence-corrected chi connectivity index (χ2v) is 3.69. The van der Waals surface area contributed by atoms with Gasteiger partial charge in [0.2, 0.25) is 0 Å². The van der Waals surface area contributed by atoms with Gasteiger partial charge >= 0.3 is 5.97 Å². The normalized spacial score (nSPS) is 16.8. The van der Waals surface area contributed by atoms with E-state index in [1.807, 2.05) is 19.1 Å². The highest BCUT2D eigenvalue weighted by molar-refractivity contribution is 5.75. The van der Waals surface area contributed by atoms with Gasteiger partial charge in [0.15, 0.2) is 6.10 Å². The zero-order chi connectivity index (χ0) is 12.7. The third-order valence-corrected chi connectivity index (χ3v) is 2.44. The average molecular weight is 238 g/mol. The van der Waals surface area contributed by atoms with Crippen LogP contribution in [0, 0.1) is 0 Å². The van der Waals surface area contributed by atoms with Gasteiger partial charge in [-0.05, 0) is 25.5 Å². The molecule has 1 atom stereocenters. The first-order valence-electron chi connectivity index (χ1n) is 5.62. The molecule has 94 valence electrons. The topological polar surface area (TPSA) is 55.8 Å². The maximum atomic E-state index is 11.5. The zero-order valence-electron chi connectivity index (χ0n) is 10.2. The molecule has 0 fully saturated rings. The SMILES string of the molecule is CCOC(CC1=CC=C(O)C=CC1)C(=O)OC. The summed E-state index contributed by atoms with van der Waals surface area (Å²) in [4.78, 5) is 11.5. The molecule has 17 heavy (non-hydrogen) atoms. The lowest BCUT2D eigenvalue weighted by Crippen LogP contribution is -2.26. The average Bonchev–Trinajstić information content (AvgIpc) is 2.53. The summed E-state index contributed by atoms with van der Waals surface area (Å²) in [7, 11) is 1.35. The Kier molecular flexibility index (Phi) is 5.49. The fraction of sp³-hybridized carbons (Fsp3) is 0.462. The Morgan fingerprint density at radius 3 is 2.94 bits per heavy atom. The van der Waals surface area contributed by atoms with Crippen molar-refractivity contribution in [2.24, 2.45) is 0 Å². The van der Waals surface area contributed by atoms with Crippen LogP contribution in [-0.2, 0) is 14.3 Å². The van der Waals surface area contributed by atoms with Crippen LogP contribution in [0.1, 0.15) is 19.8 Å². The van der Waals surface area contributed by atoms with Crippen molar-refractivity contribution in [1.29, 1.82) is 0 Å². The first-order valence-corrected chi connectivity index (χ1v) is 5.62. The summed E-state index contributed by atoms with van der Waals surface area (Å²) < 4.78 is 10.0. The van der Waals surface area contributed by atoms with E-state index in [-0.39, 0.29) is 11.7 Å². The lowest BCUT2D eigenvalue weighted by molar-refractivity contribution is -0.153. The second-order valence-electron chi connectivity index (χ2n) is 3.69. The Morgan fingerprint density at radius 2 is 2.29 bits per heavy atom. The van der Waals surface area contributed by atoms with Crippen molar-refractivity contribution in [2.45, 2.75) is 25.9 Å². The van der Waals surface area contributed by atoms with Crippen LogP contribution in [-0.4, -0.2) is 30.9 Å². The van der Waals surface area contributed by atoms with Gasteiger partial charge in [-0.15, -0.1) is 0 Å². The van der Waals surface area contributed by atoms with Crippen molar-refractivity contribution in [3.63, 3.8) is 0 Å². The van der Waals surface area contributed by atoms with Crippen LogP contribution in [0.25, 0.3) is 0 Å². The highest BCUT2D eigenvalue weighted by Gasteiger charge is 2.20. The van der Waals surface area contributed by atoms with Crippen molar-refractivity contribution >= 4 is 5.97 Å². The monoisotopic (exact) mass is 238 g/mol. The standard InChI is InChI=1S/C13H18O4/c1-3-17-12(13(15)16-2)9-10-5-4-6-11(14)8-7-10/h4,6-8,12,14H,3,5,9H2,1-2H3. The van der Waals surface area contributed by atoms with Crippen LogP contribution in [0.2, 0.25) is 0 Å². The van der Waals surface area contributed by atoms with Crippen molar-refractivity contribution in [3.8, 4) is 0 Å². The lowest BCUT2D eigenvalue weighted by atomic mass is 10.0. The Balaban J connectivity index is 2.67. The molecule has 1 aliphatic carbocycles. The molecule has 1 aliphatic rings. The molecular formula is C13H18O4. The highest BCUT2D eigenvalue weighted by atomic mass is 16.6. The molecule has 1 unspecified atom stereocenters. The van der Waals surface area contributed by atoms with E-state index >= 15 is 0 Å². The van der Waals surface area contributed by atoms with Crippen LogP contribution < -0.4 is 0 Å². The molecule has 0 spiro atoms. The molecule has 0 heterocycles. The molecule has 0 aromatic rings. The maximum Gasteiger partial charge on any atom is 0.335 e. The van der Waals surface area contributed by atoms with Gasteiger partial charge in [-0.25, -0.2) is 4.79 Å². The molecule has 0 aromatic heterocycles. The van der Waals surface area contributed by atoms with Gasteiger partial charge in [0.05, 0.1) is 7.11 Å². The van der Waals surface area contributed by atoms with E-state index in [4.69, 9.17) is 4.74 Å². The molecule has 0 bridgehead atoms. The molecule has 4 heteroatoms. The van der Waals surface area contributed by atoms with Crippen molar-refractivity contribution in [2.75, 3.05) is 13.7 Å². The number of esters is 1. The fourth-order valence-corrected chi connectivity index (χ4v) is 1.59. The van der Waals surface area contributed by atoms with Crippen LogP contribution in [0.3, 0.4) is 0 Å². The number of carbonyl (C=O) groups is 1. The molecule has 0 aliphatic heterocycles. The van der Waals surface area contributed by atoms with Crippen molar-refractivity contribution < 1.29 is 19.4 Å². The Bertz CT molecular complexity index is 352. The van der Waals surface area contributed by atoms with Crippen molar-refractivity contribution in [1.82, 2.24) is 0 Å². The van der Waals surface area contributed by atoms with Crippen LogP contribution in [0.4, 0.5) is 0 Å². The van der Waals surface area contributed by atoms with E-state index in [0.717, 1.165) is 5.57 Å². The third-order valence-electron chi connectivity index (χ3n) is 2.44. The highest BCUT2D eigenvalue weighted by Crippen LogP contribution is 2.17. The molecular weight excluding hydrogens is 220 g/mol. The predicted octanol–water partition coefficient (Wildman–Crippen LogP) is 2.28. The molecule has 0 saturated carbocycles. The molecule has 4 nitrogen and oxygen atoms in total. The number of ether oxygens (including phenoxy) is 2. The fourth-order valence-electron chi connectivity index (χ4n) is 1.59. The Hall–Kier alpha value is -1.55. The van der Waals surface area contributed by atoms with E-state index < -0.39 is 6.10 Å². The second kappa shape index (κ2) is 6.91. The van der Waals surface area contributed by atoms with E-state index in [1.165, 1.54) is 7.11 Å². The molecule has 1 N–H and O–H groups in total. The van der Waals surface area contributed by atoms with Crippen molar-refractivity contribution in [3.05, 3.63) is 35.6 Å². The number of hydrogen-bond donors (Lipinski definition) is 1. The maximum absolute atomic E-state index is 11.5. The Morgan fingerprint density at radius 1 is 1.53 bits per heavy atom. The Labute approximate surface area is 101 Å². The van der Waals surface area contributed by atoms with E-state index in [9.17, 15) is 9.90 Å². The molecule has 1 rings (SSSR count). The number of aliphatic hydroxyl groups excluding tert-OH is 1. The minimum absolute atomic E-state index is 0.214. The predicted molar refractivity (Wildman–Crippen MR) is 64.6 cm³/mol. The van der Waals surface area contributed by atoms with Gasteiger partial charge in [0.1, 0.15) is 5.76 Å². The smallest absolute Gasteiger partial charge is 0.335 e. The number of methoxy groups -OCH3 is 1. The number of rotatable bonds is 5. The number of aliphatic hydroxyl groups is 1. The van der Waals surface area contributed by atoms with Gasteiger partial charge in [-0.3, -0.25) is 0 Å². The molecule has 0 amide bonds. The summed E-state index contributed by atoms with van der Waals surface area (Å²) in [6, 6.07) is 0. The van der Waals surface area contributed by atoms with E-state index in [2.05, 4.69) is 4.74 Å². The molecule has 0 aromatic carbocycles. The van der Waals surface area contributed by atoms with Crippen LogP contribution in [0.15, 0.2) is 35.6 Å². The summed E-state index contributed by atoms with van der Waals surface area (Å²) in [6.45, 7) is 2.30. The van der Waals surface area contributed by atoms with Gasteiger partial charge in [0.25, 0.3) is 0 Å². The van der Waals surface area contributed by atoms with Gasteiger partial charge in [-0.2, -0.15) is 0 Å². The van der Waals surface area contributed by atoms with Crippen LogP contribution >= 0.6 is 0 Å². The first kappa shape index (κ1) is 13.5. The largest absolute Gasteiger partial charge is 0.508 e. The zero-order valence-corrected chi connectivity index (χ0v) is 10.2. The minimum Gasteiger partial charge on any atom is -0.508 e. The number of allylic oxidation sites excluding steroid dienone is 4. The van der Waals surface area contributed by atoms with Gasteiger partial charge in [0, 0.05) is 13.0 Å². The third kappa shape index (κ3) is 4.44. The van der Waals surface area contributed by atoms with Gasteiger partial charge < -0.3 is 14.6 Å². The molecule has 0 radical (unpaired) electrons. The van der Waals surface area contributed by atoms with Crippen LogP contribution in [0.5, 0.6) is 0 Å². The minimum atomic E-state index is -0.571. The van der Waals surface area contributed by atoms with E-state index in [0.29, 0.717) is 19.4 Å². The summed E-state index contributed by atoms with van der Waals surface area (Å²) in [5, 5.41) is 9.31.